The molecule has 0 saturated carbocycles. The Balaban J connectivity index is 1.59. The fourth-order valence-corrected chi connectivity index (χ4v) is 3.23. The Morgan fingerprint density at radius 1 is 0.897 bits per heavy atom. The number of rotatable bonds is 7. The first kappa shape index (κ1) is 20.6. The molecule has 4 nitrogen and oxygen atoms in total. The van der Waals surface area contributed by atoms with Gasteiger partial charge in [0.1, 0.15) is 0 Å². The lowest BCUT2D eigenvalue weighted by molar-refractivity contribution is -0.143. The van der Waals surface area contributed by atoms with Crippen molar-refractivity contribution in [3.63, 3.8) is 0 Å². The van der Waals surface area contributed by atoms with Crippen molar-refractivity contribution in [2.24, 2.45) is 0 Å². The van der Waals surface area contributed by atoms with Gasteiger partial charge in [-0.1, -0.05) is 88.7 Å². The summed E-state index contributed by atoms with van der Waals surface area (Å²) in [5, 5.41) is 2.94. The fraction of sp³-hybridized carbons (Fsp3) is 0.0833. The first-order valence-corrected chi connectivity index (χ1v) is 9.91. The Bertz CT molecular complexity index is 948. The lowest BCUT2D eigenvalue weighted by Gasteiger charge is -2.19. The molecule has 0 unspecified atom stereocenters. The number of carbonyl (C=O) groups is 2. The molecule has 0 fully saturated rings. The molecule has 0 bridgehead atoms. The molecule has 3 rings (SSSR count). The van der Waals surface area contributed by atoms with Crippen LogP contribution in [0.5, 0.6) is 0 Å². The molecule has 0 radical (unpaired) electrons. The predicted molar refractivity (Wildman–Crippen MR) is 117 cm³/mol. The van der Waals surface area contributed by atoms with Gasteiger partial charge < -0.3 is 10.1 Å². The zero-order chi connectivity index (χ0) is 20.5. The van der Waals surface area contributed by atoms with Gasteiger partial charge in [0.2, 0.25) is 0 Å². The van der Waals surface area contributed by atoms with Crippen molar-refractivity contribution in [2.45, 2.75) is 6.04 Å². The van der Waals surface area contributed by atoms with Crippen LogP contribution in [-0.4, -0.2) is 18.5 Å². The molecule has 5 heteroatoms. The summed E-state index contributed by atoms with van der Waals surface area (Å²) in [4.78, 5) is 24.3. The van der Waals surface area contributed by atoms with Gasteiger partial charge in [-0.3, -0.25) is 4.79 Å². The summed E-state index contributed by atoms with van der Waals surface area (Å²) >= 11 is 3.38. The molecule has 1 N–H and O–H groups in total. The first-order valence-electron chi connectivity index (χ1n) is 9.11. The third kappa shape index (κ3) is 6.43. The summed E-state index contributed by atoms with van der Waals surface area (Å²) in [5.41, 5.74) is 2.76. The second kappa shape index (κ2) is 10.4. The van der Waals surface area contributed by atoms with Crippen molar-refractivity contribution in [2.75, 3.05) is 6.61 Å². The van der Waals surface area contributed by atoms with Crippen LogP contribution in [0, 0.1) is 0 Å². The summed E-state index contributed by atoms with van der Waals surface area (Å²) < 4.78 is 6.00. The van der Waals surface area contributed by atoms with Crippen LogP contribution in [0.4, 0.5) is 0 Å². The predicted octanol–water partition coefficient (Wildman–Crippen LogP) is 4.91. The van der Waals surface area contributed by atoms with E-state index in [2.05, 4.69) is 21.2 Å². The Morgan fingerprint density at radius 2 is 1.52 bits per heavy atom. The fourth-order valence-electron chi connectivity index (χ4n) is 2.81. The Kier molecular flexibility index (Phi) is 7.36. The zero-order valence-corrected chi connectivity index (χ0v) is 17.2. The Labute approximate surface area is 178 Å². The van der Waals surface area contributed by atoms with E-state index in [1.54, 1.807) is 6.08 Å². The lowest BCUT2D eigenvalue weighted by Crippen LogP contribution is -2.32. The van der Waals surface area contributed by atoms with Crippen molar-refractivity contribution in [3.05, 3.63) is 112 Å². The second-order valence-electron chi connectivity index (χ2n) is 6.32. The highest BCUT2D eigenvalue weighted by atomic mass is 79.9. The van der Waals surface area contributed by atoms with Crippen molar-refractivity contribution >= 4 is 33.9 Å². The highest BCUT2D eigenvalue weighted by Crippen LogP contribution is 2.21. The van der Waals surface area contributed by atoms with Crippen LogP contribution in [0.3, 0.4) is 0 Å². The van der Waals surface area contributed by atoms with Gasteiger partial charge in [-0.05, 0) is 34.9 Å². The van der Waals surface area contributed by atoms with Crippen LogP contribution in [0.2, 0.25) is 0 Å². The van der Waals surface area contributed by atoms with E-state index in [1.807, 2.05) is 84.9 Å². The molecule has 1 amide bonds. The van der Waals surface area contributed by atoms with E-state index in [4.69, 9.17) is 4.74 Å². The van der Waals surface area contributed by atoms with E-state index in [0.717, 1.165) is 21.2 Å². The number of carbonyl (C=O) groups excluding carboxylic acids is 2. The van der Waals surface area contributed by atoms with Gasteiger partial charge in [0.25, 0.3) is 5.91 Å². The van der Waals surface area contributed by atoms with E-state index >= 15 is 0 Å². The molecular formula is C24H20BrNO3. The smallest absolute Gasteiger partial charge is 0.331 e. The zero-order valence-electron chi connectivity index (χ0n) is 15.6. The van der Waals surface area contributed by atoms with Gasteiger partial charge in [-0.25, -0.2) is 4.79 Å². The number of ether oxygens (including phenoxy) is 1. The minimum Gasteiger partial charge on any atom is -0.452 e. The third-order valence-electron chi connectivity index (χ3n) is 4.18. The second-order valence-corrected chi connectivity index (χ2v) is 7.23. The van der Waals surface area contributed by atoms with Crippen LogP contribution >= 0.6 is 15.9 Å². The number of amides is 1. The first-order chi connectivity index (χ1) is 14.1. The van der Waals surface area contributed by atoms with Crippen LogP contribution in [0.15, 0.2) is 95.5 Å². The molecule has 0 heterocycles. The third-order valence-corrected chi connectivity index (χ3v) is 4.67. The monoisotopic (exact) mass is 449 g/mol. The molecule has 3 aromatic carbocycles. The van der Waals surface area contributed by atoms with E-state index in [-0.39, 0.29) is 18.6 Å². The quantitative estimate of drug-likeness (QED) is 0.411. The molecule has 0 aromatic heterocycles. The Hall–Kier alpha value is -3.18. The van der Waals surface area contributed by atoms with Crippen molar-refractivity contribution in [3.8, 4) is 0 Å². The van der Waals surface area contributed by atoms with Gasteiger partial charge in [0.15, 0.2) is 6.61 Å². The normalized spacial score (nSPS) is 10.8. The van der Waals surface area contributed by atoms with Crippen LogP contribution < -0.4 is 5.32 Å². The summed E-state index contributed by atoms with van der Waals surface area (Å²) in [5.74, 6) is -0.942. The molecule has 3 aromatic rings. The molecule has 0 saturated heterocycles. The number of halogens is 1. The summed E-state index contributed by atoms with van der Waals surface area (Å²) in [6.07, 6.45) is 2.95. The molecule has 146 valence electrons. The minimum absolute atomic E-state index is 0.319. The molecule has 0 spiro atoms. The number of esters is 1. The highest BCUT2D eigenvalue weighted by molar-refractivity contribution is 9.10. The van der Waals surface area contributed by atoms with Gasteiger partial charge in [0, 0.05) is 10.5 Å². The lowest BCUT2D eigenvalue weighted by atomic mass is 9.99. The standard InChI is InChI=1S/C24H20BrNO3/c25-21-13-7-8-18(16-21)14-15-23(28)29-17-22(27)26-24(19-9-3-1-4-10-19)20-11-5-2-6-12-20/h1-16,24H,17H2,(H,26,27). The Morgan fingerprint density at radius 3 is 2.10 bits per heavy atom. The average Bonchev–Trinajstić information content (AvgIpc) is 2.76. The maximum atomic E-state index is 12.4. The maximum absolute atomic E-state index is 12.4. The number of benzene rings is 3. The van der Waals surface area contributed by atoms with Gasteiger partial charge >= 0.3 is 5.97 Å². The minimum atomic E-state index is -0.573. The molecule has 0 aliphatic carbocycles. The van der Waals surface area contributed by atoms with Crippen LogP contribution in [0.25, 0.3) is 6.08 Å². The average molecular weight is 450 g/mol. The van der Waals surface area contributed by atoms with Crippen LogP contribution in [-0.2, 0) is 14.3 Å². The summed E-state index contributed by atoms with van der Waals surface area (Å²) in [6, 6.07) is 26.5. The number of hydrogen-bond donors (Lipinski definition) is 1. The van der Waals surface area contributed by atoms with Gasteiger partial charge in [0.05, 0.1) is 6.04 Å². The van der Waals surface area contributed by atoms with Crippen LogP contribution in [0.1, 0.15) is 22.7 Å². The van der Waals surface area contributed by atoms with E-state index in [0.29, 0.717) is 0 Å². The van der Waals surface area contributed by atoms with E-state index in [1.165, 1.54) is 6.08 Å². The van der Waals surface area contributed by atoms with Gasteiger partial charge in [-0.2, -0.15) is 0 Å². The number of hydrogen-bond acceptors (Lipinski definition) is 3. The highest BCUT2D eigenvalue weighted by Gasteiger charge is 2.17. The van der Waals surface area contributed by atoms with Crippen molar-refractivity contribution in [1.29, 1.82) is 0 Å². The molecule has 29 heavy (non-hydrogen) atoms. The van der Waals surface area contributed by atoms with Crippen molar-refractivity contribution in [1.82, 2.24) is 5.32 Å². The SMILES string of the molecule is O=C(COC(=O)C=Cc1cccc(Br)c1)NC(c1ccccc1)c1ccccc1. The summed E-state index contributed by atoms with van der Waals surface area (Å²) in [7, 11) is 0. The van der Waals surface area contributed by atoms with Gasteiger partial charge in [-0.15, -0.1) is 0 Å². The summed E-state index contributed by atoms with van der Waals surface area (Å²) in [6.45, 7) is -0.349. The molecule has 0 aliphatic rings. The maximum Gasteiger partial charge on any atom is 0.331 e. The van der Waals surface area contributed by atoms with E-state index in [9.17, 15) is 9.59 Å². The largest absolute Gasteiger partial charge is 0.452 e. The number of nitrogens with one attached hydrogen (secondary N) is 1. The van der Waals surface area contributed by atoms with E-state index < -0.39 is 5.97 Å². The molecule has 0 atom stereocenters. The molecular weight excluding hydrogens is 430 g/mol. The molecule has 0 aliphatic heterocycles. The topological polar surface area (TPSA) is 55.4 Å². The van der Waals surface area contributed by atoms with Crippen molar-refractivity contribution < 1.29 is 14.3 Å².